The van der Waals surface area contributed by atoms with Crippen molar-refractivity contribution < 1.29 is 0 Å². The van der Waals surface area contributed by atoms with Crippen LogP contribution in [0.25, 0.3) is 0 Å². The monoisotopic (exact) mass is 294 g/mol. The van der Waals surface area contributed by atoms with Gasteiger partial charge in [-0.2, -0.15) is 0 Å². The predicted molar refractivity (Wildman–Crippen MR) is 70.5 cm³/mol. The van der Waals surface area contributed by atoms with Crippen LogP contribution in [-0.2, 0) is 19.5 Å². The van der Waals surface area contributed by atoms with Gasteiger partial charge in [0.1, 0.15) is 0 Å². The fraction of sp³-hybridized carbons (Fsp3) is 0.333. The van der Waals surface area contributed by atoms with Crippen LogP contribution in [0.1, 0.15) is 23.9 Å². The summed E-state index contributed by atoms with van der Waals surface area (Å²) in [5, 5.41) is 8.25. The summed E-state index contributed by atoms with van der Waals surface area (Å²) in [4.78, 5) is 0. The second kappa shape index (κ2) is 5.42. The Kier molecular flexibility index (Phi) is 3.91. The molecule has 2 N–H and O–H groups in total. The zero-order valence-electron chi connectivity index (χ0n) is 9.73. The highest BCUT2D eigenvalue weighted by atomic mass is 79.9. The molecule has 2 aromatic rings. The standard InChI is InChI=1S/C12H15BrN4/c1-2-12-11(7-14)15-16-17(12)8-9-3-5-10(13)6-4-9/h3-6H,2,7-8,14H2,1H3. The molecule has 0 radical (unpaired) electrons. The summed E-state index contributed by atoms with van der Waals surface area (Å²) in [6.07, 6.45) is 0.899. The van der Waals surface area contributed by atoms with Crippen LogP contribution in [0.5, 0.6) is 0 Å². The average molecular weight is 295 g/mol. The van der Waals surface area contributed by atoms with E-state index in [9.17, 15) is 0 Å². The quantitative estimate of drug-likeness (QED) is 0.940. The molecule has 0 atom stereocenters. The van der Waals surface area contributed by atoms with E-state index in [1.165, 1.54) is 5.56 Å². The molecule has 0 bridgehead atoms. The molecule has 0 unspecified atom stereocenters. The molecule has 17 heavy (non-hydrogen) atoms. The number of benzene rings is 1. The highest BCUT2D eigenvalue weighted by Gasteiger charge is 2.09. The molecular weight excluding hydrogens is 280 g/mol. The van der Waals surface area contributed by atoms with Crippen molar-refractivity contribution in [3.05, 3.63) is 45.7 Å². The molecule has 2 rings (SSSR count). The molecule has 0 fully saturated rings. The highest BCUT2D eigenvalue weighted by Crippen LogP contribution is 2.13. The van der Waals surface area contributed by atoms with Gasteiger partial charge in [-0.25, -0.2) is 4.68 Å². The van der Waals surface area contributed by atoms with Crippen LogP contribution in [0.2, 0.25) is 0 Å². The molecule has 1 aromatic carbocycles. The van der Waals surface area contributed by atoms with Crippen LogP contribution in [0.3, 0.4) is 0 Å². The van der Waals surface area contributed by atoms with E-state index in [1.807, 2.05) is 16.8 Å². The Labute approximate surface area is 109 Å². The van der Waals surface area contributed by atoms with Crippen molar-refractivity contribution in [3.63, 3.8) is 0 Å². The summed E-state index contributed by atoms with van der Waals surface area (Å²) >= 11 is 3.42. The van der Waals surface area contributed by atoms with Gasteiger partial charge in [0.05, 0.1) is 17.9 Å². The molecule has 1 heterocycles. The lowest BCUT2D eigenvalue weighted by molar-refractivity contribution is 0.622. The summed E-state index contributed by atoms with van der Waals surface area (Å²) < 4.78 is 3.00. The Morgan fingerprint density at radius 2 is 2.00 bits per heavy atom. The van der Waals surface area contributed by atoms with Crippen LogP contribution >= 0.6 is 15.9 Å². The van der Waals surface area contributed by atoms with Gasteiger partial charge in [0, 0.05) is 11.0 Å². The molecular formula is C12H15BrN4. The third kappa shape index (κ3) is 2.73. The molecule has 0 saturated carbocycles. The highest BCUT2D eigenvalue weighted by molar-refractivity contribution is 9.10. The van der Waals surface area contributed by atoms with Gasteiger partial charge in [-0.05, 0) is 24.1 Å². The minimum Gasteiger partial charge on any atom is -0.325 e. The molecule has 1 aromatic heterocycles. The molecule has 0 aliphatic heterocycles. The number of hydrogen-bond donors (Lipinski definition) is 1. The van der Waals surface area contributed by atoms with Crippen molar-refractivity contribution in [1.82, 2.24) is 15.0 Å². The topological polar surface area (TPSA) is 56.7 Å². The molecule has 0 spiro atoms. The summed E-state index contributed by atoms with van der Waals surface area (Å²) in [7, 11) is 0. The lowest BCUT2D eigenvalue weighted by Crippen LogP contribution is -2.08. The molecule has 0 amide bonds. The minimum absolute atomic E-state index is 0.448. The zero-order chi connectivity index (χ0) is 12.3. The van der Waals surface area contributed by atoms with E-state index in [4.69, 9.17) is 5.73 Å². The van der Waals surface area contributed by atoms with Crippen LogP contribution in [0, 0.1) is 0 Å². The van der Waals surface area contributed by atoms with E-state index >= 15 is 0 Å². The van der Waals surface area contributed by atoms with Crippen molar-refractivity contribution >= 4 is 15.9 Å². The van der Waals surface area contributed by atoms with Crippen molar-refractivity contribution in [1.29, 1.82) is 0 Å². The maximum atomic E-state index is 5.63. The Balaban J connectivity index is 2.23. The average Bonchev–Trinajstić information content (AvgIpc) is 2.74. The SMILES string of the molecule is CCc1c(CN)nnn1Cc1ccc(Br)cc1. The summed E-state index contributed by atoms with van der Waals surface area (Å²) in [5.74, 6) is 0. The number of aromatic nitrogens is 3. The van der Waals surface area contributed by atoms with E-state index in [1.54, 1.807) is 0 Å². The lowest BCUT2D eigenvalue weighted by Gasteiger charge is -2.05. The Hall–Kier alpha value is -1.20. The van der Waals surface area contributed by atoms with E-state index in [0.717, 1.165) is 28.8 Å². The smallest absolute Gasteiger partial charge is 0.0994 e. The van der Waals surface area contributed by atoms with Gasteiger partial charge in [0.25, 0.3) is 0 Å². The maximum Gasteiger partial charge on any atom is 0.0994 e. The lowest BCUT2D eigenvalue weighted by atomic mass is 10.2. The van der Waals surface area contributed by atoms with Crippen LogP contribution in [0.15, 0.2) is 28.7 Å². The van der Waals surface area contributed by atoms with E-state index in [-0.39, 0.29) is 0 Å². The van der Waals surface area contributed by atoms with Gasteiger partial charge in [-0.15, -0.1) is 5.10 Å². The molecule has 0 aliphatic rings. The Bertz CT molecular complexity index is 490. The first-order valence-electron chi connectivity index (χ1n) is 5.60. The second-order valence-electron chi connectivity index (χ2n) is 3.82. The number of rotatable bonds is 4. The van der Waals surface area contributed by atoms with Crippen LogP contribution < -0.4 is 5.73 Å². The van der Waals surface area contributed by atoms with Gasteiger partial charge in [-0.3, -0.25) is 0 Å². The van der Waals surface area contributed by atoms with Crippen molar-refractivity contribution in [2.24, 2.45) is 5.73 Å². The van der Waals surface area contributed by atoms with Crippen molar-refractivity contribution in [2.45, 2.75) is 26.4 Å². The number of nitrogens with two attached hydrogens (primary N) is 1. The Morgan fingerprint density at radius 1 is 1.29 bits per heavy atom. The number of nitrogens with zero attached hydrogens (tertiary/aromatic N) is 3. The minimum atomic E-state index is 0.448. The van der Waals surface area contributed by atoms with Crippen LogP contribution in [0.4, 0.5) is 0 Å². The summed E-state index contributed by atoms with van der Waals surface area (Å²) in [6.45, 7) is 3.28. The first-order valence-corrected chi connectivity index (χ1v) is 6.39. The molecule has 4 nitrogen and oxygen atoms in total. The molecule has 5 heteroatoms. The normalized spacial score (nSPS) is 10.8. The van der Waals surface area contributed by atoms with Crippen molar-refractivity contribution in [3.8, 4) is 0 Å². The zero-order valence-corrected chi connectivity index (χ0v) is 11.3. The molecule has 0 aliphatic carbocycles. The summed E-state index contributed by atoms with van der Waals surface area (Å²) in [5.41, 5.74) is 8.85. The predicted octanol–water partition coefficient (Wildman–Crippen LogP) is 2.11. The van der Waals surface area contributed by atoms with Crippen molar-refractivity contribution in [2.75, 3.05) is 0 Å². The third-order valence-corrected chi connectivity index (χ3v) is 3.22. The Morgan fingerprint density at radius 3 is 2.59 bits per heavy atom. The fourth-order valence-electron chi connectivity index (χ4n) is 1.80. The maximum absolute atomic E-state index is 5.63. The van der Waals surface area contributed by atoms with Gasteiger partial charge in [0.15, 0.2) is 0 Å². The van der Waals surface area contributed by atoms with E-state index < -0.39 is 0 Å². The molecule has 90 valence electrons. The number of halogens is 1. The van der Waals surface area contributed by atoms with Crippen LogP contribution in [-0.4, -0.2) is 15.0 Å². The summed E-state index contributed by atoms with van der Waals surface area (Å²) in [6, 6.07) is 8.21. The van der Waals surface area contributed by atoms with E-state index in [2.05, 4.69) is 45.3 Å². The molecule has 0 saturated heterocycles. The first kappa shape index (κ1) is 12.3. The first-order chi connectivity index (χ1) is 8.24. The van der Waals surface area contributed by atoms with Gasteiger partial charge < -0.3 is 5.73 Å². The number of hydrogen-bond acceptors (Lipinski definition) is 3. The van der Waals surface area contributed by atoms with Gasteiger partial charge in [-0.1, -0.05) is 40.2 Å². The van der Waals surface area contributed by atoms with Gasteiger partial charge >= 0.3 is 0 Å². The second-order valence-corrected chi connectivity index (χ2v) is 4.74. The largest absolute Gasteiger partial charge is 0.325 e. The third-order valence-electron chi connectivity index (χ3n) is 2.69. The van der Waals surface area contributed by atoms with E-state index in [0.29, 0.717) is 6.54 Å². The fourth-order valence-corrected chi connectivity index (χ4v) is 2.07. The van der Waals surface area contributed by atoms with Gasteiger partial charge in [0.2, 0.25) is 0 Å².